The van der Waals surface area contributed by atoms with Gasteiger partial charge in [-0.05, 0) is 215 Å². The lowest BCUT2D eigenvalue weighted by molar-refractivity contribution is 0.906. The third-order valence-corrected chi connectivity index (χ3v) is 15.5. The number of fused-ring (bicyclic) bond motifs is 9. The lowest BCUT2D eigenvalue weighted by Gasteiger charge is -2.24. The third-order valence-electron chi connectivity index (χ3n) is 14.2. The molecular weight excluding hydrogens is 801 g/mol. The molecular formula is C64H46S. The summed E-state index contributed by atoms with van der Waals surface area (Å²) < 4.78 is 1.39. The van der Waals surface area contributed by atoms with Crippen molar-refractivity contribution in [1.82, 2.24) is 0 Å². The van der Waals surface area contributed by atoms with Gasteiger partial charge in [-0.2, -0.15) is 0 Å². The van der Waals surface area contributed by atoms with E-state index in [1.807, 2.05) is 11.3 Å². The van der Waals surface area contributed by atoms with Crippen molar-refractivity contribution in [2.45, 2.75) is 38.5 Å². The molecule has 13 rings (SSSR count). The number of thiophene rings is 1. The zero-order chi connectivity index (χ0) is 42.8. The van der Waals surface area contributed by atoms with Gasteiger partial charge in [0.05, 0.1) is 0 Å². The molecule has 0 bridgehead atoms. The van der Waals surface area contributed by atoms with Crippen molar-refractivity contribution in [3.8, 4) is 66.8 Å². The Bertz CT molecular complexity index is 3660. The molecule has 1 aromatic heterocycles. The van der Waals surface area contributed by atoms with E-state index in [-0.39, 0.29) is 0 Å². The van der Waals surface area contributed by atoms with Crippen molar-refractivity contribution in [3.63, 3.8) is 0 Å². The molecule has 0 N–H and O–H groups in total. The van der Waals surface area contributed by atoms with Crippen LogP contribution in [0.5, 0.6) is 0 Å². The van der Waals surface area contributed by atoms with Gasteiger partial charge in [-0.25, -0.2) is 0 Å². The summed E-state index contributed by atoms with van der Waals surface area (Å²) in [4.78, 5) is 1.41. The molecule has 0 spiro atoms. The van der Waals surface area contributed by atoms with Crippen LogP contribution in [0.1, 0.15) is 52.0 Å². The Morgan fingerprint density at radius 2 is 0.846 bits per heavy atom. The maximum absolute atomic E-state index is 2.45. The van der Waals surface area contributed by atoms with Crippen molar-refractivity contribution in [1.29, 1.82) is 0 Å². The van der Waals surface area contributed by atoms with Gasteiger partial charge in [0.15, 0.2) is 0 Å². The number of aryl methyl sites for hydroxylation is 1. The summed E-state index contributed by atoms with van der Waals surface area (Å²) in [5, 5.41) is 6.53. The molecule has 3 aliphatic rings. The highest BCUT2D eigenvalue weighted by molar-refractivity contribution is 7.20. The molecule has 308 valence electrons. The van der Waals surface area contributed by atoms with Crippen molar-refractivity contribution in [2.75, 3.05) is 0 Å². The summed E-state index contributed by atoms with van der Waals surface area (Å²) in [6.45, 7) is 0. The highest BCUT2D eigenvalue weighted by atomic mass is 32.1. The van der Waals surface area contributed by atoms with Gasteiger partial charge in [-0.3, -0.25) is 0 Å². The Balaban J connectivity index is 0.979. The lowest BCUT2D eigenvalue weighted by Crippen LogP contribution is -2.07. The second-order valence-corrected chi connectivity index (χ2v) is 19.1. The maximum Gasteiger partial charge on any atom is 0.0430 e. The first-order valence-electron chi connectivity index (χ1n) is 23.3. The minimum Gasteiger partial charge on any atom is -0.135 e. The van der Waals surface area contributed by atoms with Gasteiger partial charge in [0.25, 0.3) is 0 Å². The van der Waals surface area contributed by atoms with Crippen LogP contribution >= 0.6 is 11.3 Å². The van der Waals surface area contributed by atoms with Gasteiger partial charge in [-0.1, -0.05) is 152 Å². The zero-order valence-electron chi connectivity index (χ0n) is 36.3. The van der Waals surface area contributed by atoms with E-state index >= 15 is 0 Å². The Kier molecular flexibility index (Phi) is 9.24. The molecule has 0 fully saturated rings. The number of rotatable bonds is 6. The Labute approximate surface area is 385 Å². The number of hydrogen-bond donors (Lipinski definition) is 0. The summed E-state index contributed by atoms with van der Waals surface area (Å²) in [7, 11) is 0. The number of hydrogen-bond acceptors (Lipinski definition) is 1. The van der Waals surface area contributed by atoms with Crippen molar-refractivity contribution >= 4 is 61.2 Å². The first-order valence-corrected chi connectivity index (χ1v) is 24.1. The lowest BCUT2D eigenvalue weighted by atomic mass is 9.81. The molecule has 0 amide bonds. The summed E-state index contributed by atoms with van der Waals surface area (Å²) in [5.41, 5.74) is 22.4. The first kappa shape index (κ1) is 38.2. The molecule has 9 aromatic carbocycles. The van der Waals surface area contributed by atoms with E-state index in [2.05, 4.69) is 206 Å². The largest absolute Gasteiger partial charge is 0.135 e. The van der Waals surface area contributed by atoms with E-state index in [0.29, 0.717) is 0 Å². The molecule has 0 unspecified atom stereocenters. The van der Waals surface area contributed by atoms with Gasteiger partial charge < -0.3 is 0 Å². The van der Waals surface area contributed by atoms with Crippen LogP contribution in [0.15, 0.2) is 188 Å². The van der Waals surface area contributed by atoms with E-state index in [0.717, 1.165) is 38.5 Å². The Hall–Kier alpha value is -7.32. The van der Waals surface area contributed by atoms with Crippen LogP contribution in [0.2, 0.25) is 0 Å². The van der Waals surface area contributed by atoms with Crippen LogP contribution in [0, 0.1) is 0 Å². The van der Waals surface area contributed by atoms with Crippen LogP contribution in [0.4, 0.5) is 0 Å². The average molecular weight is 847 g/mol. The topological polar surface area (TPSA) is 0 Å². The standard InChI is InChI=1S/C64H46S/c1-3-23-52-47(15-1)39-61(57-27-7-5-25-55(52)57)45-21-12-18-42(34-45)50-36-49(41-17-11-20-44(33-41)54-30-14-31-60-59-29-9-10-32-63(59)65-64(54)60)37-51(38-50)43-19-13-22-46(35-43)62-40-48-16-2-4-24-53(48)56-26-6-8-28-58(56)62/h1-3,5,7-8,10-23,25,27-28,30-40H,4,6,9,24,26,29H2. The van der Waals surface area contributed by atoms with Crippen molar-refractivity contribution < 1.29 is 0 Å². The van der Waals surface area contributed by atoms with Crippen molar-refractivity contribution in [3.05, 3.63) is 221 Å². The molecule has 0 atom stereocenters. The SMILES string of the molecule is C1=Cc2cc(-c3cccc(-c4cc(-c5cccc(-c6cc7ccccc7c7ccccc67)c5)cc(-c5cccc(-c6cccc7c8c(sc67)C=CCC8)c5)c4)c3)c3c(c2CC1)CCC=C3. The van der Waals surface area contributed by atoms with E-state index in [9.17, 15) is 0 Å². The minimum atomic E-state index is 1.11. The van der Waals surface area contributed by atoms with Crippen LogP contribution in [-0.2, 0) is 19.3 Å². The second kappa shape index (κ2) is 15.7. The molecule has 0 saturated heterocycles. The average Bonchev–Trinajstić information content (AvgIpc) is 3.77. The summed E-state index contributed by atoms with van der Waals surface area (Å²) in [6, 6.07) is 64.4. The fourth-order valence-corrected chi connectivity index (χ4v) is 12.4. The summed E-state index contributed by atoms with van der Waals surface area (Å²) in [5.74, 6) is 0. The third kappa shape index (κ3) is 6.65. The normalized spacial score (nSPS) is 13.9. The van der Waals surface area contributed by atoms with Gasteiger partial charge in [0.2, 0.25) is 0 Å². The molecule has 0 nitrogen and oxygen atoms in total. The van der Waals surface area contributed by atoms with Crippen LogP contribution in [-0.4, -0.2) is 0 Å². The van der Waals surface area contributed by atoms with Gasteiger partial charge in [0, 0.05) is 9.58 Å². The Morgan fingerprint density at radius 3 is 1.57 bits per heavy atom. The van der Waals surface area contributed by atoms with E-state index in [1.54, 1.807) is 11.1 Å². The molecule has 10 aromatic rings. The number of benzene rings is 9. The molecule has 0 saturated carbocycles. The highest BCUT2D eigenvalue weighted by Crippen LogP contribution is 2.44. The fraction of sp³-hybridized carbons (Fsp3) is 0.0938. The van der Waals surface area contributed by atoms with Gasteiger partial charge in [-0.15, -0.1) is 11.3 Å². The highest BCUT2D eigenvalue weighted by Gasteiger charge is 2.21. The number of allylic oxidation sites excluding steroid dienone is 3. The smallest absolute Gasteiger partial charge is 0.0430 e. The van der Waals surface area contributed by atoms with E-state index in [1.165, 1.54) is 120 Å². The molecule has 0 aliphatic heterocycles. The molecule has 0 radical (unpaired) electrons. The molecule has 65 heavy (non-hydrogen) atoms. The van der Waals surface area contributed by atoms with Gasteiger partial charge in [0.1, 0.15) is 0 Å². The first-order chi connectivity index (χ1) is 32.2. The van der Waals surface area contributed by atoms with E-state index < -0.39 is 0 Å². The van der Waals surface area contributed by atoms with Crippen LogP contribution in [0.3, 0.4) is 0 Å². The quantitative estimate of drug-likeness (QED) is 0.146. The molecule has 3 aliphatic carbocycles. The van der Waals surface area contributed by atoms with E-state index in [4.69, 9.17) is 0 Å². The fourth-order valence-electron chi connectivity index (χ4n) is 11.1. The minimum absolute atomic E-state index is 1.11. The molecule has 1 heteroatoms. The second-order valence-electron chi connectivity index (χ2n) is 18.1. The van der Waals surface area contributed by atoms with Crippen molar-refractivity contribution in [2.24, 2.45) is 0 Å². The monoisotopic (exact) mass is 846 g/mol. The predicted molar refractivity (Wildman–Crippen MR) is 282 cm³/mol. The van der Waals surface area contributed by atoms with Gasteiger partial charge >= 0.3 is 0 Å². The predicted octanol–water partition coefficient (Wildman–Crippen LogP) is 18.1. The molecule has 1 heterocycles. The maximum atomic E-state index is 2.45. The summed E-state index contributed by atoms with van der Waals surface area (Å²) in [6.07, 6.45) is 20.8. The Morgan fingerprint density at radius 1 is 0.323 bits per heavy atom. The zero-order valence-corrected chi connectivity index (χ0v) is 37.1. The summed E-state index contributed by atoms with van der Waals surface area (Å²) >= 11 is 1.94. The van der Waals surface area contributed by atoms with Crippen LogP contribution < -0.4 is 0 Å². The van der Waals surface area contributed by atoms with Crippen LogP contribution in [0.25, 0.3) is 117 Å².